The van der Waals surface area contributed by atoms with Crippen molar-refractivity contribution in [2.75, 3.05) is 55.1 Å². The van der Waals surface area contributed by atoms with Crippen molar-refractivity contribution >= 4 is 29.1 Å². The van der Waals surface area contributed by atoms with Crippen LogP contribution < -0.4 is 18.9 Å². The van der Waals surface area contributed by atoms with Gasteiger partial charge in [-0.2, -0.15) is 0 Å². The average Bonchev–Trinajstić information content (AvgIpc) is 3.13. The fourth-order valence-electron chi connectivity index (χ4n) is 4.33. The summed E-state index contributed by atoms with van der Waals surface area (Å²) in [5, 5.41) is 11.7. The van der Waals surface area contributed by atoms with E-state index in [2.05, 4.69) is 0 Å². The first-order chi connectivity index (χ1) is 17.7. The number of Topliss-reactive ketones (excluding diaryl/α,β-unsaturated/α-hetero) is 1. The van der Waals surface area contributed by atoms with E-state index in [1.807, 2.05) is 25.9 Å². The Bertz CT molecular complexity index is 1200. The molecule has 9 nitrogen and oxygen atoms in total. The zero-order valence-electron chi connectivity index (χ0n) is 22.0. The van der Waals surface area contributed by atoms with Gasteiger partial charge in [-0.05, 0) is 57.7 Å². The van der Waals surface area contributed by atoms with Crippen molar-refractivity contribution in [3.8, 4) is 23.0 Å². The number of aliphatic hydroxyl groups excluding tert-OH is 1. The average molecular weight is 533 g/mol. The Labute approximate surface area is 222 Å². The number of benzene rings is 2. The summed E-state index contributed by atoms with van der Waals surface area (Å²) in [6, 6.07) is 7.30. The number of methoxy groups -OCH3 is 3. The van der Waals surface area contributed by atoms with Crippen molar-refractivity contribution in [3.05, 3.63) is 52.1 Å². The lowest BCUT2D eigenvalue weighted by Crippen LogP contribution is -2.32. The van der Waals surface area contributed by atoms with Gasteiger partial charge in [0.1, 0.15) is 17.3 Å². The third-order valence-electron chi connectivity index (χ3n) is 6.08. The van der Waals surface area contributed by atoms with Gasteiger partial charge in [0.2, 0.25) is 0 Å². The van der Waals surface area contributed by atoms with Gasteiger partial charge in [0.25, 0.3) is 11.7 Å². The second kappa shape index (κ2) is 12.2. The third kappa shape index (κ3) is 5.78. The predicted molar refractivity (Wildman–Crippen MR) is 141 cm³/mol. The molecule has 1 fully saturated rings. The maximum absolute atomic E-state index is 13.4. The molecule has 2 aromatic carbocycles. The topological polar surface area (TPSA) is 97.8 Å². The molecule has 1 unspecified atom stereocenters. The number of aliphatic hydroxyl groups is 1. The summed E-state index contributed by atoms with van der Waals surface area (Å²) in [4.78, 5) is 30.1. The number of carbonyl (C=O) groups excluding carboxylic acids is 2. The number of halogens is 1. The number of rotatable bonds is 11. The number of nitrogens with zero attached hydrogens (tertiary/aromatic N) is 2. The van der Waals surface area contributed by atoms with Gasteiger partial charge in [0.15, 0.2) is 11.5 Å². The fourth-order valence-corrected chi connectivity index (χ4v) is 4.57. The number of likely N-dealkylation sites (tertiary alicyclic amines) is 1. The lowest BCUT2D eigenvalue weighted by molar-refractivity contribution is -0.139. The maximum Gasteiger partial charge on any atom is 0.295 e. The molecule has 0 spiro atoms. The van der Waals surface area contributed by atoms with E-state index in [9.17, 15) is 14.7 Å². The lowest BCUT2D eigenvalue weighted by atomic mass is 9.94. The zero-order valence-corrected chi connectivity index (χ0v) is 22.7. The van der Waals surface area contributed by atoms with Crippen LogP contribution in [0, 0.1) is 0 Å². The lowest BCUT2D eigenvalue weighted by Gasteiger charge is -2.26. The van der Waals surface area contributed by atoms with Crippen LogP contribution in [0.25, 0.3) is 5.76 Å². The molecule has 0 saturated carbocycles. The molecule has 1 heterocycles. The summed E-state index contributed by atoms with van der Waals surface area (Å²) in [6.07, 6.45) is 0.627. The largest absolute Gasteiger partial charge is 0.507 e. The normalized spacial score (nSPS) is 16.9. The van der Waals surface area contributed by atoms with Crippen LogP contribution in [-0.4, -0.2) is 81.7 Å². The Hall–Kier alpha value is -3.43. The van der Waals surface area contributed by atoms with E-state index in [4.69, 9.17) is 30.5 Å². The Kier molecular flexibility index (Phi) is 9.29. The fraction of sp³-hybridized carbons (Fsp3) is 0.407. The first-order valence-electron chi connectivity index (χ1n) is 11.8. The molecule has 2 aromatic rings. The molecule has 0 aromatic heterocycles. The maximum atomic E-state index is 13.4. The molecule has 0 aliphatic carbocycles. The SMILES string of the molecule is CCOc1ccc(C2/C(=C(\O)c3cc(Cl)c(OC)cc3OC)C(=O)C(=O)N2CCCN(C)C)cc1OC. The second-order valence-corrected chi connectivity index (χ2v) is 9.09. The van der Waals surface area contributed by atoms with Gasteiger partial charge < -0.3 is 33.9 Å². The highest BCUT2D eigenvalue weighted by molar-refractivity contribution is 6.46. The van der Waals surface area contributed by atoms with Crippen LogP contribution in [0.3, 0.4) is 0 Å². The van der Waals surface area contributed by atoms with E-state index in [0.29, 0.717) is 48.9 Å². The molecular formula is C27H33ClN2O7. The van der Waals surface area contributed by atoms with Gasteiger partial charge >= 0.3 is 0 Å². The number of hydrogen-bond acceptors (Lipinski definition) is 8. The molecule has 1 saturated heterocycles. The molecule has 1 amide bonds. The minimum atomic E-state index is -0.864. The van der Waals surface area contributed by atoms with Gasteiger partial charge in [0, 0.05) is 12.6 Å². The van der Waals surface area contributed by atoms with Crippen molar-refractivity contribution in [2.45, 2.75) is 19.4 Å². The molecule has 1 N–H and O–H groups in total. The third-order valence-corrected chi connectivity index (χ3v) is 6.37. The van der Waals surface area contributed by atoms with Crippen LogP contribution in [0.1, 0.15) is 30.5 Å². The molecule has 1 aliphatic heterocycles. The van der Waals surface area contributed by atoms with E-state index in [1.165, 1.54) is 38.4 Å². The number of hydrogen-bond donors (Lipinski definition) is 1. The number of ketones is 1. The Morgan fingerprint density at radius 1 is 1.00 bits per heavy atom. The van der Waals surface area contributed by atoms with Crippen molar-refractivity contribution < 1.29 is 33.6 Å². The number of amides is 1. The van der Waals surface area contributed by atoms with Crippen LogP contribution in [0.4, 0.5) is 0 Å². The number of carbonyl (C=O) groups is 2. The Morgan fingerprint density at radius 2 is 1.68 bits per heavy atom. The van der Waals surface area contributed by atoms with E-state index < -0.39 is 23.5 Å². The minimum absolute atomic E-state index is 0.0689. The summed E-state index contributed by atoms with van der Waals surface area (Å²) < 4.78 is 21.8. The van der Waals surface area contributed by atoms with E-state index >= 15 is 0 Å². The highest BCUT2D eigenvalue weighted by atomic mass is 35.5. The van der Waals surface area contributed by atoms with Crippen molar-refractivity contribution in [2.24, 2.45) is 0 Å². The van der Waals surface area contributed by atoms with Crippen molar-refractivity contribution in [1.29, 1.82) is 0 Å². The van der Waals surface area contributed by atoms with Gasteiger partial charge in [0.05, 0.1) is 50.1 Å². The van der Waals surface area contributed by atoms with Gasteiger partial charge in [-0.25, -0.2) is 0 Å². The minimum Gasteiger partial charge on any atom is -0.507 e. The molecule has 37 heavy (non-hydrogen) atoms. The van der Waals surface area contributed by atoms with Gasteiger partial charge in [-0.15, -0.1) is 0 Å². The van der Waals surface area contributed by atoms with Gasteiger partial charge in [-0.1, -0.05) is 17.7 Å². The highest BCUT2D eigenvalue weighted by Gasteiger charge is 2.46. The van der Waals surface area contributed by atoms with Crippen LogP contribution in [0.15, 0.2) is 35.9 Å². The van der Waals surface area contributed by atoms with Crippen molar-refractivity contribution in [3.63, 3.8) is 0 Å². The van der Waals surface area contributed by atoms with E-state index in [0.717, 1.165) is 0 Å². The first-order valence-corrected chi connectivity index (χ1v) is 12.2. The summed E-state index contributed by atoms with van der Waals surface area (Å²) in [5.74, 6) is -0.337. The number of ether oxygens (including phenoxy) is 4. The summed E-state index contributed by atoms with van der Waals surface area (Å²) >= 11 is 6.33. The quantitative estimate of drug-likeness (QED) is 0.262. The monoisotopic (exact) mass is 532 g/mol. The summed E-state index contributed by atoms with van der Waals surface area (Å²) in [7, 11) is 8.26. The molecule has 200 valence electrons. The zero-order chi connectivity index (χ0) is 27.3. The molecule has 1 atom stereocenters. The highest BCUT2D eigenvalue weighted by Crippen LogP contribution is 2.44. The Morgan fingerprint density at radius 3 is 2.27 bits per heavy atom. The van der Waals surface area contributed by atoms with Crippen LogP contribution in [0.5, 0.6) is 23.0 Å². The first kappa shape index (κ1) is 28.1. The molecule has 0 bridgehead atoms. The smallest absolute Gasteiger partial charge is 0.295 e. The van der Waals surface area contributed by atoms with Gasteiger partial charge in [-0.3, -0.25) is 9.59 Å². The summed E-state index contributed by atoms with van der Waals surface area (Å²) in [5.41, 5.74) is 0.688. The van der Waals surface area contributed by atoms with E-state index in [-0.39, 0.29) is 21.9 Å². The van der Waals surface area contributed by atoms with Crippen LogP contribution in [0.2, 0.25) is 5.02 Å². The van der Waals surface area contributed by atoms with Crippen LogP contribution >= 0.6 is 11.6 Å². The standard InChI is InChI=1S/C27H33ClN2O7/c1-7-37-19-10-9-16(13-22(19)36-6)24-23(26(32)27(33)30(24)12-8-11-29(2)3)25(31)17-14-18(28)21(35-5)15-20(17)34-4/h9-10,13-15,24,31H,7-8,11-12H2,1-6H3/b25-23+. The molecule has 0 radical (unpaired) electrons. The van der Waals surface area contributed by atoms with Crippen molar-refractivity contribution in [1.82, 2.24) is 9.80 Å². The predicted octanol–water partition coefficient (Wildman–Crippen LogP) is 4.14. The second-order valence-electron chi connectivity index (χ2n) is 8.68. The van der Waals surface area contributed by atoms with Crippen LogP contribution in [-0.2, 0) is 9.59 Å². The molecule has 10 heteroatoms. The summed E-state index contributed by atoms with van der Waals surface area (Å²) in [6.45, 7) is 3.32. The van der Waals surface area contributed by atoms with E-state index in [1.54, 1.807) is 18.2 Å². The molecule has 3 rings (SSSR count). The Balaban J connectivity index is 2.22. The molecular weight excluding hydrogens is 500 g/mol. The molecule has 1 aliphatic rings.